The zero-order chi connectivity index (χ0) is 14.1. The van der Waals surface area contributed by atoms with Crippen LogP contribution in [0.3, 0.4) is 0 Å². The number of nitriles is 1. The normalized spacial score (nSPS) is 23.2. The summed E-state index contributed by atoms with van der Waals surface area (Å²) in [5.74, 6) is 1.76. The summed E-state index contributed by atoms with van der Waals surface area (Å²) in [5.41, 5.74) is 2.86. The van der Waals surface area contributed by atoms with Crippen molar-refractivity contribution < 1.29 is 0 Å². The van der Waals surface area contributed by atoms with Crippen molar-refractivity contribution in [2.75, 3.05) is 11.4 Å². The molecule has 20 heavy (non-hydrogen) atoms. The number of anilines is 1. The van der Waals surface area contributed by atoms with Gasteiger partial charge >= 0.3 is 0 Å². The first-order chi connectivity index (χ1) is 9.70. The molecule has 0 bridgehead atoms. The van der Waals surface area contributed by atoms with Gasteiger partial charge in [-0.05, 0) is 57.1 Å². The second kappa shape index (κ2) is 5.44. The van der Waals surface area contributed by atoms with E-state index in [1.807, 2.05) is 19.9 Å². The standard InChI is InChI=1S/C17H23N3/c1-12-10-13(2)19-17(15(12)11-18)20-9-5-8-16(20)14-6-3-4-7-14/h10,14,16H,3-9H2,1-2H3. The van der Waals surface area contributed by atoms with Gasteiger partial charge in [0.15, 0.2) is 0 Å². The summed E-state index contributed by atoms with van der Waals surface area (Å²) in [4.78, 5) is 7.15. The molecule has 1 saturated heterocycles. The van der Waals surface area contributed by atoms with E-state index in [4.69, 9.17) is 4.98 Å². The van der Waals surface area contributed by atoms with Gasteiger partial charge in [-0.2, -0.15) is 5.26 Å². The van der Waals surface area contributed by atoms with Crippen molar-refractivity contribution in [3.8, 4) is 6.07 Å². The fourth-order valence-corrected chi connectivity index (χ4v) is 4.05. The van der Waals surface area contributed by atoms with E-state index in [0.717, 1.165) is 35.1 Å². The molecule has 106 valence electrons. The summed E-state index contributed by atoms with van der Waals surface area (Å²) < 4.78 is 0. The SMILES string of the molecule is Cc1cc(C)c(C#N)c(N2CCCC2C2CCCC2)n1. The summed E-state index contributed by atoms with van der Waals surface area (Å²) in [6.07, 6.45) is 7.97. The minimum absolute atomic E-state index is 0.610. The topological polar surface area (TPSA) is 39.9 Å². The number of hydrogen-bond donors (Lipinski definition) is 0. The zero-order valence-corrected chi connectivity index (χ0v) is 12.5. The first-order valence-electron chi connectivity index (χ1n) is 7.85. The van der Waals surface area contributed by atoms with Crippen molar-refractivity contribution in [1.82, 2.24) is 4.98 Å². The molecule has 2 aliphatic rings. The van der Waals surface area contributed by atoms with Crippen molar-refractivity contribution >= 4 is 5.82 Å². The maximum atomic E-state index is 9.49. The smallest absolute Gasteiger partial charge is 0.147 e. The molecule has 2 fully saturated rings. The van der Waals surface area contributed by atoms with Crippen molar-refractivity contribution in [2.45, 2.75) is 58.4 Å². The van der Waals surface area contributed by atoms with Crippen LogP contribution < -0.4 is 4.90 Å². The Balaban J connectivity index is 1.97. The molecule has 1 unspecified atom stereocenters. The van der Waals surface area contributed by atoms with Crippen LogP contribution in [0.5, 0.6) is 0 Å². The van der Waals surface area contributed by atoms with Gasteiger partial charge < -0.3 is 4.90 Å². The second-order valence-corrected chi connectivity index (χ2v) is 6.34. The molecule has 0 radical (unpaired) electrons. The zero-order valence-electron chi connectivity index (χ0n) is 12.5. The predicted octanol–water partition coefficient (Wildman–Crippen LogP) is 3.73. The number of aromatic nitrogens is 1. The minimum Gasteiger partial charge on any atom is -0.352 e. The fraction of sp³-hybridized carbons (Fsp3) is 0.647. The molecule has 3 heteroatoms. The molecular formula is C17H23N3. The quantitative estimate of drug-likeness (QED) is 0.821. The molecule has 1 aromatic rings. The highest BCUT2D eigenvalue weighted by Crippen LogP contribution is 2.38. The average Bonchev–Trinajstić information content (AvgIpc) is 3.08. The summed E-state index contributed by atoms with van der Waals surface area (Å²) in [6, 6.07) is 5.00. The van der Waals surface area contributed by atoms with Crippen LogP contribution in [0.15, 0.2) is 6.07 Å². The molecule has 0 amide bonds. The third kappa shape index (κ3) is 2.28. The van der Waals surface area contributed by atoms with Crippen LogP contribution in [-0.2, 0) is 0 Å². The molecule has 2 heterocycles. The van der Waals surface area contributed by atoms with Gasteiger partial charge in [-0.25, -0.2) is 4.98 Å². The molecule has 1 atom stereocenters. The van der Waals surface area contributed by atoms with Crippen molar-refractivity contribution in [3.63, 3.8) is 0 Å². The lowest BCUT2D eigenvalue weighted by atomic mass is 9.95. The Morgan fingerprint density at radius 2 is 1.95 bits per heavy atom. The molecular weight excluding hydrogens is 246 g/mol. The first kappa shape index (κ1) is 13.4. The predicted molar refractivity (Wildman–Crippen MR) is 80.8 cm³/mol. The summed E-state index contributed by atoms with van der Waals surface area (Å²) in [7, 11) is 0. The lowest BCUT2D eigenvalue weighted by molar-refractivity contribution is 0.429. The summed E-state index contributed by atoms with van der Waals surface area (Å²) in [5, 5.41) is 9.49. The van der Waals surface area contributed by atoms with Crippen molar-refractivity contribution in [3.05, 3.63) is 22.9 Å². The van der Waals surface area contributed by atoms with Crippen molar-refractivity contribution in [1.29, 1.82) is 5.26 Å². The Kier molecular flexibility index (Phi) is 3.65. The van der Waals surface area contributed by atoms with Gasteiger partial charge in [-0.1, -0.05) is 12.8 Å². The van der Waals surface area contributed by atoms with Gasteiger partial charge in [-0.15, -0.1) is 0 Å². The van der Waals surface area contributed by atoms with Gasteiger partial charge in [0.1, 0.15) is 11.9 Å². The van der Waals surface area contributed by atoms with Gasteiger partial charge in [0.2, 0.25) is 0 Å². The van der Waals surface area contributed by atoms with Gasteiger partial charge in [-0.3, -0.25) is 0 Å². The number of nitrogens with zero attached hydrogens (tertiary/aromatic N) is 3. The molecule has 1 saturated carbocycles. The largest absolute Gasteiger partial charge is 0.352 e. The van der Waals surface area contributed by atoms with E-state index >= 15 is 0 Å². The minimum atomic E-state index is 0.610. The molecule has 0 aromatic carbocycles. The van der Waals surface area contributed by atoms with Crippen LogP contribution in [0.25, 0.3) is 0 Å². The molecule has 1 aliphatic heterocycles. The third-order valence-corrected chi connectivity index (χ3v) is 4.95. The Bertz CT molecular complexity index is 538. The Morgan fingerprint density at radius 1 is 1.20 bits per heavy atom. The highest BCUT2D eigenvalue weighted by Gasteiger charge is 2.35. The van der Waals surface area contributed by atoms with Gasteiger partial charge in [0, 0.05) is 18.3 Å². The number of aryl methyl sites for hydroxylation is 2. The van der Waals surface area contributed by atoms with Crippen LogP contribution in [0.2, 0.25) is 0 Å². The maximum absolute atomic E-state index is 9.49. The lowest BCUT2D eigenvalue weighted by Crippen LogP contribution is -2.36. The molecule has 0 spiro atoms. The van der Waals surface area contributed by atoms with Crippen LogP contribution in [0.4, 0.5) is 5.82 Å². The van der Waals surface area contributed by atoms with E-state index in [0.29, 0.717) is 6.04 Å². The summed E-state index contributed by atoms with van der Waals surface area (Å²) >= 11 is 0. The van der Waals surface area contributed by atoms with E-state index < -0.39 is 0 Å². The van der Waals surface area contributed by atoms with E-state index in [1.165, 1.54) is 38.5 Å². The molecule has 1 aromatic heterocycles. The number of rotatable bonds is 2. The molecule has 3 nitrogen and oxygen atoms in total. The Labute approximate surface area is 121 Å². The Morgan fingerprint density at radius 3 is 2.65 bits per heavy atom. The van der Waals surface area contributed by atoms with Crippen LogP contribution >= 0.6 is 0 Å². The number of pyridine rings is 1. The lowest BCUT2D eigenvalue weighted by Gasteiger charge is -2.31. The second-order valence-electron chi connectivity index (χ2n) is 6.34. The van der Waals surface area contributed by atoms with E-state index in [-0.39, 0.29) is 0 Å². The van der Waals surface area contributed by atoms with E-state index in [2.05, 4.69) is 11.0 Å². The Hall–Kier alpha value is -1.56. The average molecular weight is 269 g/mol. The third-order valence-electron chi connectivity index (χ3n) is 4.95. The van der Waals surface area contributed by atoms with Gasteiger partial charge in [0.25, 0.3) is 0 Å². The van der Waals surface area contributed by atoms with E-state index in [9.17, 15) is 5.26 Å². The van der Waals surface area contributed by atoms with Crippen molar-refractivity contribution in [2.24, 2.45) is 5.92 Å². The van der Waals surface area contributed by atoms with Crippen LogP contribution in [0.1, 0.15) is 55.3 Å². The fourth-order valence-electron chi connectivity index (χ4n) is 4.05. The van der Waals surface area contributed by atoms with Crippen LogP contribution in [-0.4, -0.2) is 17.6 Å². The monoisotopic (exact) mass is 269 g/mol. The number of hydrogen-bond acceptors (Lipinski definition) is 3. The summed E-state index contributed by atoms with van der Waals surface area (Å²) in [6.45, 7) is 5.11. The molecule has 0 N–H and O–H groups in total. The van der Waals surface area contributed by atoms with E-state index in [1.54, 1.807) is 0 Å². The highest BCUT2D eigenvalue weighted by molar-refractivity contribution is 5.59. The van der Waals surface area contributed by atoms with Gasteiger partial charge in [0.05, 0.1) is 5.56 Å². The highest BCUT2D eigenvalue weighted by atomic mass is 15.2. The molecule has 3 rings (SSSR count). The molecule has 1 aliphatic carbocycles. The van der Waals surface area contributed by atoms with Crippen LogP contribution in [0, 0.1) is 31.1 Å². The maximum Gasteiger partial charge on any atom is 0.147 e. The first-order valence-corrected chi connectivity index (χ1v) is 7.85.